The fourth-order valence-electron chi connectivity index (χ4n) is 6.01. The van der Waals surface area contributed by atoms with Crippen molar-refractivity contribution in [1.29, 1.82) is 0 Å². The minimum absolute atomic E-state index is 0.0864. The highest BCUT2D eigenvalue weighted by atomic mass is 16.4. The molecule has 4 saturated carbocycles. The van der Waals surface area contributed by atoms with Gasteiger partial charge in [-0.3, -0.25) is 9.59 Å². The molecule has 0 unspecified atom stereocenters. The van der Waals surface area contributed by atoms with Gasteiger partial charge in [-0.05, 0) is 61.7 Å². The number of carboxylic acid groups (broad SMARTS) is 1. The first-order valence-electron chi connectivity index (χ1n) is 8.54. The summed E-state index contributed by atoms with van der Waals surface area (Å²) >= 11 is 0. The lowest BCUT2D eigenvalue weighted by Crippen LogP contribution is -2.51. The molecule has 5 aliphatic rings. The minimum Gasteiger partial charge on any atom is -0.481 e. The second-order valence-corrected chi connectivity index (χ2v) is 8.12. The first-order chi connectivity index (χ1) is 10.0. The highest BCUT2D eigenvalue weighted by Crippen LogP contribution is 2.57. The molecule has 1 N–H and O–H groups in total. The third kappa shape index (κ3) is 2.09. The van der Waals surface area contributed by atoms with Crippen LogP contribution in [0.3, 0.4) is 0 Å². The van der Waals surface area contributed by atoms with Gasteiger partial charge >= 0.3 is 5.97 Å². The van der Waals surface area contributed by atoms with Crippen molar-refractivity contribution in [3.8, 4) is 0 Å². The standard InChI is InChI=1S/C17H25NO3/c1-9-7-18(8-14(9)17(20)21)16(19)15-12-3-10-2-11(5-12)6-13(15)4-10/h9-15H,2-8H2,1H3,(H,20,21)/t9-,10?,11?,12?,13?,14-,15?/m1/s1. The maximum Gasteiger partial charge on any atom is 0.308 e. The minimum atomic E-state index is -0.747. The van der Waals surface area contributed by atoms with E-state index in [0.717, 1.165) is 11.8 Å². The number of rotatable bonds is 2. The molecule has 5 fully saturated rings. The monoisotopic (exact) mass is 291 g/mol. The van der Waals surface area contributed by atoms with Gasteiger partial charge in [0, 0.05) is 19.0 Å². The van der Waals surface area contributed by atoms with Crippen molar-refractivity contribution in [3.63, 3.8) is 0 Å². The van der Waals surface area contributed by atoms with E-state index in [4.69, 9.17) is 0 Å². The summed E-state index contributed by atoms with van der Waals surface area (Å²) in [4.78, 5) is 26.1. The molecule has 4 nitrogen and oxygen atoms in total. The molecule has 1 amide bonds. The number of likely N-dealkylation sites (tertiary alicyclic amines) is 1. The molecule has 0 aromatic heterocycles. The Morgan fingerprint density at radius 2 is 1.52 bits per heavy atom. The van der Waals surface area contributed by atoms with Crippen molar-refractivity contribution in [2.75, 3.05) is 13.1 Å². The van der Waals surface area contributed by atoms with Gasteiger partial charge in [-0.1, -0.05) is 6.92 Å². The maximum atomic E-state index is 13.0. The van der Waals surface area contributed by atoms with Crippen LogP contribution < -0.4 is 0 Å². The van der Waals surface area contributed by atoms with E-state index < -0.39 is 5.97 Å². The third-order valence-corrected chi connectivity index (χ3v) is 6.75. The van der Waals surface area contributed by atoms with Crippen LogP contribution in [-0.4, -0.2) is 35.0 Å². The Bertz CT molecular complexity index is 447. The van der Waals surface area contributed by atoms with Crippen LogP contribution >= 0.6 is 0 Å². The van der Waals surface area contributed by atoms with Crippen LogP contribution in [0.25, 0.3) is 0 Å². The van der Waals surface area contributed by atoms with E-state index in [1.807, 2.05) is 11.8 Å². The number of carboxylic acids is 1. The maximum absolute atomic E-state index is 13.0. The Balaban J connectivity index is 1.50. The molecule has 2 atom stereocenters. The predicted octanol–water partition coefficient (Wildman–Crippen LogP) is 2.24. The first kappa shape index (κ1) is 13.6. The SMILES string of the molecule is C[C@@H]1CN(C(=O)C2C3CC4CC(C3)CC2C4)C[C@H]1C(=O)O. The van der Waals surface area contributed by atoms with E-state index in [-0.39, 0.29) is 23.7 Å². The van der Waals surface area contributed by atoms with E-state index in [1.54, 1.807) is 0 Å². The molecule has 1 heterocycles. The van der Waals surface area contributed by atoms with E-state index in [1.165, 1.54) is 32.1 Å². The molecule has 0 aromatic rings. The normalized spacial score (nSPS) is 47.9. The second kappa shape index (κ2) is 4.72. The van der Waals surface area contributed by atoms with Gasteiger partial charge in [0.1, 0.15) is 0 Å². The largest absolute Gasteiger partial charge is 0.481 e. The number of carbonyl (C=O) groups is 2. The summed E-state index contributed by atoms with van der Waals surface area (Å²) in [7, 11) is 0. The molecule has 1 saturated heterocycles. The summed E-state index contributed by atoms with van der Waals surface area (Å²) in [5.74, 6) is 2.39. The van der Waals surface area contributed by atoms with E-state index in [2.05, 4.69) is 0 Å². The molecule has 0 aromatic carbocycles. The molecule has 1 aliphatic heterocycles. The summed E-state index contributed by atoms with van der Waals surface area (Å²) < 4.78 is 0. The number of hydrogen-bond donors (Lipinski definition) is 1. The Morgan fingerprint density at radius 3 is 2.00 bits per heavy atom. The molecule has 0 spiro atoms. The molecular weight excluding hydrogens is 266 g/mol. The number of hydrogen-bond acceptors (Lipinski definition) is 2. The van der Waals surface area contributed by atoms with Crippen molar-refractivity contribution in [3.05, 3.63) is 0 Å². The average Bonchev–Trinajstić information content (AvgIpc) is 2.79. The van der Waals surface area contributed by atoms with Crippen LogP contribution in [0.1, 0.15) is 39.0 Å². The van der Waals surface area contributed by atoms with Crippen LogP contribution in [0.5, 0.6) is 0 Å². The van der Waals surface area contributed by atoms with Crippen LogP contribution in [0.2, 0.25) is 0 Å². The Labute approximate surface area is 125 Å². The number of amides is 1. The fourth-order valence-corrected chi connectivity index (χ4v) is 6.01. The zero-order chi connectivity index (χ0) is 14.7. The van der Waals surface area contributed by atoms with Gasteiger partial charge in [-0.25, -0.2) is 0 Å². The van der Waals surface area contributed by atoms with Crippen molar-refractivity contribution < 1.29 is 14.7 Å². The van der Waals surface area contributed by atoms with Crippen molar-refractivity contribution in [2.24, 2.45) is 41.4 Å². The van der Waals surface area contributed by atoms with Gasteiger partial charge in [0.05, 0.1) is 5.92 Å². The van der Waals surface area contributed by atoms with Crippen molar-refractivity contribution >= 4 is 11.9 Å². The van der Waals surface area contributed by atoms with Gasteiger partial charge < -0.3 is 10.0 Å². The molecule has 21 heavy (non-hydrogen) atoms. The topological polar surface area (TPSA) is 57.6 Å². The highest BCUT2D eigenvalue weighted by Gasteiger charge is 2.52. The average molecular weight is 291 g/mol. The van der Waals surface area contributed by atoms with Gasteiger partial charge in [0.2, 0.25) is 5.91 Å². The number of carbonyl (C=O) groups excluding carboxylic acids is 1. The number of aliphatic carboxylic acids is 1. The summed E-state index contributed by atoms with van der Waals surface area (Å²) in [6.07, 6.45) is 6.38. The summed E-state index contributed by atoms with van der Waals surface area (Å²) in [6, 6.07) is 0. The van der Waals surface area contributed by atoms with Crippen LogP contribution in [0, 0.1) is 41.4 Å². The second-order valence-electron chi connectivity index (χ2n) is 8.12. The van der Waals surface area contributed by atoms with Gasteiger partial charge in [-0.15, -0.1) is 0 Å². The quantitative estimate of drug-likeness (QED) is 0.849. The molecule has 0 radical (unpaired) electrons. The lowest BCUT2D eigenvalue weighted by molar-refractivity contribution is -0.148. The zero-order valence-corrected chi connectivity index (χ0v) is 12.7. The van der Waals surface area contributed by atoms with E-state index in [0.29, 0.717) is 24.9 Å². The molecular formula is C17H25NO3. The predicted molar refractivity (Wildman–Crippen MR) is 77.4 cm³/mol. The summed E-state index contributed by atoms with van der Waals surface area (Å²) in [5.41, 5.74) is 0. The van der Waals surface area contributed by atoms with Gasteiger partial charge in [0.25, 0.3) is 0 Å². The smallest absolute Gasteiger partial charge is 0.308 e. The first-order valence-corrected chi connectivity index (χ1v) is 8.54. The summed E-state index contributed by atoms with van der Waals surface area (Å²) in [6.45, 7) is 3.03. The van der Waals surface area contributed by atoms with E-state index in [9.17, 15) is 14.7 Å². The van der Waals surface area contributed by atoms with Gasteiger partial charge in [0.15, 0.2) is 0 Å². The third-order valence-electron chi connectivity index (χ3n) is 6.75. The molecule has 4 aliphatic carbocycles. The Hall–Kier alpha value is -1.06. The molecule has 5 rings (SSSR count). The van der Waals surface area contributed by atoms with Crippen LogP contribution in [-0.2, 0) is 9.59 Å². The Kier molecular flexibility index (Phi) is 3.05. The van der Waals surface area contributed by atoms with Crippen molar-refractivity contribution in [2.45, 2.75) is 39.0 Å². The zero-order valence-electron chi connectivity index (χ0n) is 12.7. The molecule has 116 valence electrons. The molecule has 4 bridgehead atoms. The lowest BCUT2D eigenvalue weighted by atomic mass is 9.51. The van der Waals surface area contributed by atoms with Gasteiger partial charge in [-0.2, -0.15) is 0 Å². The van der Waals surface area contributed by atoms with E-state index >= 15 is 0 Å². The van der Waals surface area contributed by atoms with Crippen LogP contribution in [0.15, 0.2) is 0 Å². The summed E-state index contributed by atoms with van der Waals surface area (Å²) in [5, 5.41) is 9.26. The molecule has 4 heteroatoms. The number of nitrogens with zero attached hydrogens (tertiary/aromatic N) is 1. The Morgan fingerprint density at radius 1 is 0.952 bits per heavy atom. The van der Waals surface area contributed by atoms with Crippen LogP contribution in [0.4, 0.5) is 0 Å². The lowest BCUT2D eigenvalue weighted by Gasteiger charge is -2.54. The highest BCUT2D eigenvalue weighted by molar-refractivity contribution is 5.81. The fraction of sp³-hybridized carbons (Fsp3) is 0.882. The van der Waals surface area contributed by atoms with Crippen molar-refractivity contribution in [1.82, 2.24) is 4.90 Å².